The molecule has 4 heteroatoms. The molecule has 0 saturated carbocycles. The van der Waals surface area contributed by atoms with Crippen molar-refractivity contribution in [1.29, 1.82) is 0 Å². The van der Waals surface area contributed by atoms with E-state index in [4.69, 9.17) is 16.2 Å². The van der Waals surface area contributed by atoms with Gasteiger partial charge in [-0.2, -0.15) is 0 Å². The summed E-state index contributed by atoms with van der Waals surface area (Å²) in [5.74, 6) is 0.869. The van der Waals surface area contributed by atoms with Crippen LogP contribution in [0, 0.1) is 0 Å². The van der Waals surface area contributed by atoms with Crippen LogP contribution in [0.4, 0.5) is 0 Å². The molecule has 0 unspecified atom stereocenters. The summed E-state index contributed by atoms with van der Waals surface area (Å²) >= 11 is 0. The minimum absolute atomic E-state index is 0. The van der Waals surface area contributed by atoms with Gasteiger partial charge in [0.15, 0.2) is 0 Å². The molecule has 3 nitrogen and oxygen atoms in total. The van der Waals surface area contributed by atoms with Gasteiger partial charge in [0.25, 0.3) is 0 Å². The smallest absolute Gasteiger partial charge is 0.119 e. The van der Waals surface area contributed by atoms with E-state index in [0.717, 1.165) is 24.3 Å². The lowest BCUT2D eigenvalue weighted by atomic mass is 10.1. The lowest BCUT2D eigenvalue weighted by Crippen LogP contribution is -2.20. The van der Waals surface area contributed by atoms with Gasteiger partial charge >= 0.3 is 0 Å². The van der Waals surface area contributed by atoms with Crippen LogP contribution < -0.4 is 16.2 Å². The van der Waals surface area contributed by atoms with Gasteiger partial charge in [-0.15, -0.1) is 12.4 Å². The van der Waals surface area contributed by atoms with Gasteiger partial charge in [-0.1, -0.05) is 19.1 Å². The summed E-state index contributed by atoms with van der Waals surface area (Å²) in [4.78, 5) is 0. The molecule has 0 spiro atoms. The molecule has 1 atom stereocenters. The molecular formula is C11H19ClN2O. The molecule has 0 aliphatic carbocycles. The van der Waals surface area contributed by atoms with Crippen LogP contribution in [-0.4, -0.2) is 13.2 Å². The van der Waals surface area contributed by atoms with Gasteiger partial charge in [-0.3, -0.25) is 0 Å². The molecule has 0 bridgehead atoms. The first-order valence-electron chi connectivity index (χ1n) is 4.96. The molecule has 4 N–H and O–H groups in total. The standard InChI is InChI=1S/C11H18N2O.ClH/c1-2-6-14-10-5-3-4-9(7-10)11(13)8-12;/h3-5,7,11H,2,6,8,12-13H2,1H3;1H/t11-;/m1./s1. The van der Waals surface area contributed by atoms with E-state index in [9.17, 15) is 0 Å². The predicted octanol–water partition coefficient (Wildman–Crippen LogP) is 1.86. The fraction of sp³-hybridized carbons (Fsp3) is 0.455. The molecule has 15 heavy (non-hydrogen) atoms. The first kappa shape index (κ1) is 14.2. The van der Waals surface area contributed by atoms with E-state index in [2.05, 4.69) is 6.92 Å². The average molecular weight is 231 g/mol. The van der Waals surface area contributed by atoms with Crippen molar-refractivity contribution in [2.45, 2.75) is 19.4 Å². The lowest BCUT2D eigenvalue weighted by Gasteiger charge is -2.11. The highest BCUT2D eigenvalue weighted by Crippen LogP contribution is 2.17. The van der Waals surface area contributed by atoms with Crippen LogP contribution in [0.1, 0.15) is 24.9 Å². The maximum atomic E-state index is 5.81. The summed E-state index contributed by atoms with van der Waals surface area (Å²) in [5.41, 5.74) is 12.3. The van der Waals surface area contributed by atoms with E-state index in [-0.39, 0.29) is 18.4 Å². The van der Waals surface area contributed by atoms with Crippen LogP contribution in [0.25, 0.3) is 0 Å². The topological polar surface area (TPSA) is 61.3 Å². The molecule has 0 fully saturated rings. The zero-order valence-corrected chi connectivity index (χ0v) is 9.80. The summed E-state index contributed by atoms with van der Waals surface area (Å²) in [6.45, 7) is 3.27. The average Bonchev–Trinajstić information content (AvgIpc) is 2.25. The number of nitrogens with two attached hydrogens (primary N) is 2. The number of hydrogen-bond acceptors (Lipinski definition) is 3. The van der Waals surface area contributed by atoms with Crippen LogP contribution in [0.5, 0.6) is 5.75 Å². The first-order valence-corrected chi connectivity index (χ1v) is 4.96. The van der Waals surface area contributed by atoms with Crippen molar-refractivity contribution in [3.63, 3.8) is 0 Å². The quantitative estimate of drug-likeness (QED) is 0.812. The largest absolute Gasteiger partial charge is 0.494 e. The maximum Gasteiger partial charge on any atom is 0.119 e. The second-order valence-electron chi connectivity index (χ2n) is 3.26. The van der Waals surface area contributed by atoms with Crippen molar-refractivity contribution in [3.05, 3.63) is 29.8 Å². The van der Waals surface area contributed by atoms with Crippen molar-refractivity contribution >= 4 is 12.4 Å². The Balaban J connectivity index is 0.00000196. The molecule has 0 heterocycles. The Bertz CT molecular complexity index is 281. The Labute approximate surface area is 97.2 Å². The zero-order valence-electron chi connectivity index (χ0n) is 8.98. The van der Waals surface area contributed by atoms with Crippen molar-refractivity contribution in [2.24, 2.45) is 11.5 Å². The van der Waals surface area contributed by atoms with Crippen molar-refractivity contribution in [2.75, 3.05) is 13.2 Å². The fourth-order valence-corrected chi connectivity index (χ4v) is 1.19. The highest BCUT2D eigenvalue weighted by Gasteiger charge is 2.03. The molecule has 1 rings (SSSR count). The van der Waals surface area contributed by atoms with Gasteiger partial charge in [0, 0.05) is 12.6 Å². The van der Waals surface area contributed by atoms with Crippen molar-refractivity contribution in [1.82, 2.24) is 0 Å². The third-order valence-corrected chi connectivity index (χ3v) is 2.01. The third-order valence-electron chi connectivity index (χ3n) is 2.01. The van der Waals surface area contributed by atoms with Crippen LogP contribution in [0.2, 0.25) is 0 Å². The van der Waals surface area contributed by atoms with Gasteiger partial charge < -0.3 is 16.2 Å². The highest BCUT2D eigenvalue weighted by atomic mass is 35.5. The van der Waals surface area contributed by atoms with Crippen LogP contribution in [0.3, 0.4) is 0 Å². The maximum absolute atomic E-state index is 5.81. The summed E-state index contributed by atoms with van der Waals surface area (Å²) in [7, 11) is 0. The minimum atomic E-state index is -0.0971. The third kappa shape index (κ3) is 4.51. The normalized spacial score (nSPS) is 11.7. The van der Waals surface area contributed by atoms with Gasteiger partial charge in [-0.05, 0) is 24.1 Å². The molecule has 0 aromatic heterocycles. The van der Waals surface area contributed by atoms with E-state index < -0.39 is 0 Å². The van der Waals surface area contributed by atoms with Crippen molar-refractivity contribution < 1.29 is 4.74 Å². The second kappa shape index (κ2) is 7.51. The molecule has 0 radical (unpaired) electrons. The molecule has 0 aliphatic heterocycles. The van der Waals surface area contributed by atoms with Gasteiger partial charge in [-0.25, -0.2) is 0 Å². The zero-order chi connectivity index (χ0) is 10.4. The first-order chi connectivity index (χ1) is 6.77. The number of halogens is 1. The number of rotatable bonds is 5. The molecule has 1 aromatic carbocycles. The lowest BCUT2D eigenvalue weighted by molar-refractivity contribution is 0.317. The Morgan fingerprint density at radius 3 is 2.73 bits per heavy atom. The van der Waals surface area contributed by atoms with Crippen LogP contribution >= 0.6 is 12.4 Å². The monoisotopic (exact) mass is 230 g/mol. The fourth-order valence-electron chi connectivity index (χ4n) is 1.19. The molecule has 1 aromatic rings. The van der Waals surface area contributed by atoms with E-state index in [1.807, 2.05) is 24.3 Å². The molecular weight excluding hydrogens is 212 g/mol. The number of hydrogen-bond donors (Lipinski definition) is 2. The van der Waals surface area contributed by atoms with Gasteiger partial charge in [0.2, 0.25) is 0 Å². The number of ether oxygens (including phenoxy) is 1. The summed E-state index contributed by atoms with van der Waals surface area (Å²) in [6.07, 6.45) is 1.01. The van der Waals surface area contributed by atoms with Crippen LogP contribution in [0.15, 0.2) is 24.3 Å². The predicted molar refractivity (Wildman–Crippen MR) is 65.5 cm³/mol. The van der Waals surface area contributed by atoms with E-state index in [1.54, 1.807) is 0 Å². The van der Waals surface area contributed by atoms with E-state index in [1.165, 1.54) is 0 Å². The Kier molecular flexibility index (Phi) is 7.13. The highest BCUT2D eigenvalue weighted by molar-refractivity contribution is 5.85. The molecule has 0 aliphatic rings. The Morgan fingerprint density at radius 2 is 2.13 bits per heavy atom. The molecule has 86 valence electrons. The Morgan fingerprint density at radius 1 is 1.40 bits per heavy atom. The molecule has 0 saturated heterocycles. The summed E-state index contributed by atoms with van der Waals surface area (Å²) in [5, 5.41) is 0. The van der Waals surface area contributed by atoms with E-state index >= 15 is 0 Å². The second-order valence-corrected chi connectivity index (χ2v) is 3.26. The minimum Gasteiger partial charge on any atom is -0.494 e. The molecule has 0 amide bonds. The van der Waals surface area contributed by atoms with Gasteiger partial charge in [0.1, 0.15) is 5.75 Å². The number of benzene rings is 1. The van der Waals surface area contributed by atoms with E-state index in [0.29, 0.717) is 6.54 Å². The van der Waals surface area contributed by atoms with Crippen LogP contribution in [-0.2, 0) is 0 Å². The summed E-state index contributed by atoms with van der Waals surface area (Å²) < 4.78 is 5.49. The van der Waals surface area contributed by atoms with Gasteiger partial charge in [0.05, 0.1) is 6.61 Å². The SMILES string of the molecule is CCCOc1cccc([C@H](N)CN)c1.Cl. The Hall–Kier alpha value is -0.770. The summed E-state index contributed by atoms with van der Waals surface area (Å²) in [6, 6.07) is 7.70. The van der Waals surface area contributed by atoms with Crippen molar-refractivity contribution in [3.8, 4) is 5.75 Å².